The number of phosphoric acid groups is 1. The van der Waals surface area contributed by atoms with E-state index < -0.39 is 43.6 Å². The van der Waals surface area contributed by atoms with Crippen molar-refractivity contribution >= 4 is 60.1 Å². The minimum Gasteiger partial charge on any atom is -0.461 e. The summed E-state index contributed by atoms with van der Waals surface area (Å²) in [5.41, 5.74) is 2.18. The van der Waals surface area contributed by atoms with Crippen molar-refractivity contribution < 1.29 is 63.3 Å². The van der Waals surface area contributed by atoms with Gasteiger partial charge in [-0.3, -0.25) is 37.5 Å². The van der Waals surface area contributed by atoms with Gasteiger partial charge in [0, 0.05) is 50.3 Å². The van der Waals surface area contributed by atoms with E-state index in [1.165, 1.54) is 6.08 Å². The van der Waals surface area contributed by atoms with E-state index in [-0.39, 0.29) is 94.1 Å². The Morgan fingerprint density at radius 2 is 1.51 bits per heavy atom. The molecule has 3 rings (SSSR count). The van der Waals surface area contributed by atoms with Gasteiger partial charge >= 0.3 is 30.9 Å². The zero-order valence-electron chi connectivity index (χ0n) is 32.1. The molecule has 13 nitrogen and oxygen atoms in total. The molecule has 0 aliphatic carbocycles. The fourth-order valence-corrected chi connectivity index (χ4v) is 8.45. The fourth-order valence-electron chi connectivity index (χ4n) is 5.69. The Kier molecular flexibility index (Phi) is 18.3. The molecular formula is C38H52F2N2O11PS+. The number of hydrogen-bond donors (Lipinski definition) is 0. The third kappa shape index (κ3) is 14.0. The van der Waals surface area contributed by atoms with Crippen molar-refractivity contribution in [3.8, 4) is 0 Å². The van der Waals surface area contributed by atoms with Crippen molar-refractivity contribution in [3.63, 3.8) is 0 Å². The Morgan fingerprint density at radius 1 is 0.873 bits per heavy atom. The average Bonchev–Trinajstić information content (AvgIpc) is 3.67. The Balaban J connectivity index is 1.39. The molecule has 3 heterocycles. The lowest BCUT2D eigenvalue weighted by Crippen LogP contribution is -2.29. The molecule has 0 amide bonds. The monoisotopic (exact) mass is 813 g/mol. The zero-order chi connectivity index (χ0) is 40.6. The van der Waals surface area contributed by atoms with E-state index in [4.69, 9.17) is 23.0 Å². The van der Waals surface area contributed by atoms with Crippen LogP contribution in [-0.4, -0.2) is 76.0 Å². The number of carbonyl (C=O) groups excluding carboxylic acids is 5. The molecule has 0 fully saturated rings. The van der Waals surface area contributed by atoms with Crippen molar-refractivity contribution in [2.24, 2.45) is 0 Å². The van der Waals surface area contributed by atoms with Crippen LogP contribution < -0.4 is 0 Å². The second kappa shape index (κ2) is 22.1. The number of rotatable bonds is 26. The van der Waals surface area contributed by atoms with Gasteiger partial charge in [0.05, 0.1) is 44.6 Å². The normalized spacial score (nSPS) is 16.7. The first-order valence-electron chi connectivity index (χ1n) is 18.3. The van der Waals surface area contributed by atoms with Crippen molar-refractivity contribution in [2.75, 3.05) is 26.9 Å². The van der Waals surface area contributed by atoms with Gasteiger partial charge in [0.25, 0.3) is 0 Å². The van der Waals surface area contributed by atoms with Crippen LogP contribution in [0.1, 0.15) is 101 Å². The molecule has 1 aromatic rings. The van der Waals surface area contributed by atoms with Crippen molar-refractivity contribution in [3.05, 3.63) is 65.2 Å². The van der Waals surface area contributed by atoms with Gasteiger partial charge in [0.15, 0.2) is 6.10 Å². The number of hydrogen-bond acceptors (Lipinski definition) is 11. The predicted molar refractivity (Wildman–Crippen MR) is 204 cm³/mol. The maximum absolute atomic E-state index is 15.6. The summed E-state index contributed by atoms with van der Waals surface area (Å²) >= 11 is -4.45. The third-order valence-corrected chi connectivity index (χ3v) is 11.5. The summed E-state index contributed by atoms with van der Waals surface area (Å²) in [5, 5.41) is 0. The number of allylic oxidation sites excluding steroid dienone is 4. The first kappa shape index (κ1) is 45.6. The van der Waals surface area contributed by atoms with Gasteiger partial charge in [-0.15, -0.1) is 0 Å². The minimum atomic E-state index is -4.45. The van der Waals surface area contributed by atoms with Gasteiger partial charge in [-0.05, 0) is 51.2 Å². The van der Waals surface area contributed by atoms with Crippen molar-refractivity contribution in [2.45, 2.75) is 104 Å². The van der Waals surface area contributed by atoms with Crippen LogP contribution in [0, 0.1) is 13.8 Å². The zero-order valence-corrected chi connectivity index (χ0v) is 33.8. The summed E-state index contributed by atoms with van der Waals surface area (Å²) in [5.74, 6) is -2.21. The van der Waals surface area contributed by atoms with Gasteiger partial charge in [-0.25, -0.2) is 8.54 Å². The van der Waals surface area contributed by atoms with Crippen LogP contribution in [0.2, 0.25) is 0 Å². The third-order valence-electron chi connectivity index (χ3n) is 8.31. The van der Waals surface area contributed by atoms with Crippen LogP contribution >= 0.6 is 19.0 Å². The van der Waals surface area contributed by atoms with Crippen molar-refractivity contribution in [1.82, 2.24) is 3.97 Å². The average molecular weight is 814 g/mol. The van der Waals surface area contributed by atoms with E-state index in [9.17, 15) is 28.5 Å². The topological polar surface area (TPSA) is 157 Å². The number of phosphoric ester groups is 1. The van der Waals surface area contributed by atoms with Crippen LogP contribution in [0.4, 0.5) is 7.77 Å². The number of aromatic nitrogens is 1. The summed E-state index contributed by atoms with van der Waals surface area (Å²) in [7, 11) is -3.08. The van der Waals surface area contributed by atoms with Crippen LogP contribution in [-0.2, 0) is 51.6 Å². The number of fused-ring (bicyclic) bond motifs is 2. The molecule has 0 saturated carbocycles. The lowest BCUT2D eigenvalue weighted by atomic mass is 10.0. The largest absolute Gasteiger partial charge is 0.474 e. The first-order valence-corrected chi connectivity index (χ1v) is 21.1. The molecule has 0 aromatic carbocycles. The highest BCUT2D eigenvalue weighted by molar-refractivity contribution is 8.18. The highest BCUT2D eigenvalue weighted by Crippen LogP contribution is 2.60. The van der Waals surface area contributed by atoms with Crippen molar-refractivity contribution in [1.29, 1.82) is 0 Å². The van der Waals surface area contributed by atoms with E-state index in [1.54, 1.807) is 56.4 Å². The van der Waals surface area contributed by atoms with E-state index >= 15 is 7.77 Å². The molecule has 0 saturated heterocycles. The van der Waals surface area contributed by atoms with Gasteiger partial charge in [0.2, 0.25) is 11.4 Å². The van der Waals surface area contributed by atoms with E-state index in [0.29, 0.717) is 17.1 Å². The Labute approximate surface area is 323 Å². The standard InChI is InChI=1S/C38H52F2N2O11PS/c1-6-8-10-17-37(46)50-26-35(53-38(47)18-11-9-7-2)27-52-54(48,49-5)51-21-13-16-34(45)25-33(44)15-12-14-32(43)23-30-19-20-31-24-36-28(3)22-29(4)41(36)55(39,40)42(30)31/h8-11,19-20,22,24,35H,6-7,12-18,21,23,25-27H2,1-5H3/q+1/b10-8-,11-9-. The van der Waals surface area contributed by atoms with Gasteiger partial charge in [-0.2, -0.15) is 0 Å². The summed E-state index contributed by atoms with van der Waals surface area (Å²) in [6, 6.07) is 1.71. The maximum Gasteiger partial charge on any atom is 0.474 e. The van der Waals surface area contributed by atoms with E-state index in [2.05, 4.69) is 0 Å². The SMILES string of the molecule is CC/C=C\CC(=O)OCC(COP(=O)(OC)OCCCC(=O)CC(=O)CCCC(=O)CC1=[N+]2C(=Cc3c(C)cc(C)n3S2(F)F)C=C1)OC(=O)C/C=C\CC. The lowest BCUT2D eigenvalue weighted by Gasteiger charge is -2.25. The van der Waals surface area contributed by atoms with Crippen LogP contribution in [0.25, 0.3) is 6.08 Å². The second-order valence-corrected chi connectivity index (χ2v) is 16.2. The molecule has 2 unspecified atom stereocenters. The fraction of sp³-hybridized carbons (Fsp3) is 0.526. The summed E-state index contributed by atoms with van der Waals surface area (Å²) in [4.78, 5) is 61.9. The molecule has 1 aromatic heterocycles. The molecule has 17 heteroatoms. The number of Topliss-reactive ketones (excluding diaryl/α,β-unsaturated/α-hetero) is 3. The number of carbonyl (C=O) groups is 5. The van der Waals surface area contributed by atoms with Gasteiger partial charge in [-0.1, -0.05) is 49.9 Å². The van der Waals surface area contributed by atoms with Crippen LogP contribution in [0.3, 0.4) is 0 Å². The highest BCUT2D eigenvalue weighted by atomic mass is 32.3. The number of esters is 2. The summed E-state index contributed by atoms with van der Waals surface area (Å²) in [6.45, 7) is 6.17. The molecule has 2 atom stereocenters. The predicted octanol–water partition coefficient (Wildman–Crippen LogP) is 8.13. The van der Waals surface area contributed by atoms with E-state index in [0.717, 1.165) is 33.5 Å². The maximum atomic E-state index is 15.6. The molecular weight excluding hydrogens is 761 g/mol. The first-order chi connectivity index (χ1) is 26.1. The number of ketones is 3. The molecule has 2 aliphatic rings. The Morgan fingerprint density at radius 3 is 2.16 bits per heavy atom. The molecule has 55 heavy (non-hydrogen) atoms. The number of ether oxygens (including phenoxy) is 2. The number of nitrogens with zero attached hydrogens (tertiary/aromatic N) is 2. The van der Waals surface area contributed by atoms with Gasteiger partial charge < -0.3 is 9.47 Å². The lowest BCUT2D eigenvalue weighted by molar-refractivity contribution is -0.302. The highest BCUT2D eigenvalue weighted by Gasteiger charge is 2.50. The Hall–Kier alpha value is -3.82. The summed E-state index contributed by atoms with van der Waals surface area (Å²) < 4.78 is 72.3. The number of halogens is 2. The van der Waals surface area contributed by atoms with Gasteiger partial charge in [0.1, 0.15) is 24.0 Å². The number of aryl methyl sites for hydroxylation is 2. The molecule has 0 N–H and O–H groups in total. The van der Waals surface area contributed by atoms with E-state index in [1.807, 2.05) is 13.8 Å². The van der Waals surface area contributed by atoms with Crippen LogP contribution in [0.5, 0.6) is 0 Å². The molecule has 0 radical (unpaired) electrons. The minimum absolute atomic E-state index is 0.00713. The molecule has 0 bridgehead atoms. The smallest absolute Gasteiger partial charge is 0.461 e. The molecule has 304 valence electrons. The van der Waals surface area contributed by atoms with Crippen LogP contribution in [0.15, 0.2) is 48.2 Å². The quantitative estimate of drug-likeness (QED) is 0.0222. The molecule has 0 spiro atoms. The summed E-state index contributed by atoms with van der Waals surface area (Å²) in [6.07, 6.45) is 11.6. The molecule has 2 aliphatic heterocycles. The Bertz CT molecular complexity index is 1780. The second-order valence-electron chi connectivity index (χ2n) is 12.9.